The van der Waals surface area contributed by atoms with E-state index in [9.17, 15) is 22.0 Å². The zero-order valence-electron chi connectivity index (χ0n) is 19.1. The van der Waals surface area contributed by atoms with Crippen LogP contribution >= 0.6 is 0 Å². The number of hydrogen-bond donors (Lipinski definition) is 0. The van der Waals surface area contributed by atoms with E-state index in [1.165, 1.54) is 25.7 Å². The van der Waals surface area contributed by atoms with Crippen molar-refractivity contribution in [2.24, 2.45) is 17.8 Å². The zero-order valence-corrected chi connectivity index (χ0v) is 19.1. The van der Waals surface area contributed by atoms with Crippen molar-refractivity contribution >= 4 is 0 Å². The summed E-state index contributed by atoms with van der Waals surface area (Å²) in [4.78, 5) is 0. The fourth-order valence-corrected chi connectivity index (χ4v) is 5.04. The van der Waals surface area contributed by atoms with Gasteiger partial charge >= 0.3 is 0 Å². The van der Waals surface area contributed by atoms with Gasteiger partial charge in [0.15, 0.2) is 41.1 Å². The molecule has 0 amide bonds. The summed E-state index contributed by atoms with van der Waals surface area (Å²) in [5.41, 5.74) is 0.0827. The van der Waals surface area contributed by atoms with Crippen molar-refractivity contribution in [1.29, 1.82) is 0 Å². The van der Waals surface area contributed by atoms with Crippen LogP contribution in [-0.4, -0.2) is 13.2 Å². The maximum atomic E-state index is 14.6. The van der Waals surface area contributed by atoms with Crippen LogP contribution in [0.15, 0.2) is 24.3 Å². The third-order valence-corrected chi connectivity index (χ3v) is 6.90. The van der Waals surface area contributed by atoms with Crippen LogP contribution in [0, 0.1) is 46.8 Å². The topological polar surface area (TPSA) is 27.7 Å². The van der Waals surface area contributed by atoms with Gasteiger partial charge in [0, 0.05) is 11.5 Å². The van der Waals surface area contributed by atoms with Crippen molar-refractivity contribution in [2.45, 2.75) is 58.3 Å². The molecule has 3 nitrogen and oxygen atoms in total. The third kappa shape index (κ3) is 5.71. The van der Waals surface area contributed by atoms with Crippen LogP contribution in [0.5, 0.6) is 5.75 Å². The Hall–Kier alpha value is -2.19. The van der Waals surface area contributed by atoms with Crippen LogP contribution in [0.4, 0.5) is 22.0 Å². The molecule has 0 N–H and O–H groups in total. The molecule has 1 aliphatic carbocycles. The first kappa shape index (κ1) is 24.9. The van der Waals surface area contributed by atoms with Gasteiger partial charge < -0.3 is 14.2 Å². The maximum absolute atomic E-state index is 14.6. The van der Waals surface area contributed by atoms with Gasteiger partial charge in [-0.3, -0.25) is 0 Å². The Morgan fingerprint density at radius 2 is 1.38 bits per heavy atom. The Morgan fingerprint density at radius 3 is 1.94 bits per heavy atom. The summed E-state index contributed by atoms with van der Waals surface area (Å²) < 4.78 is 85.6. The highest BCUT2D eigenvalue weighted by molar-refractivity contribution is 5.32. The predicted molar refractivity (Wildman–Crippen MR) is 115 cm³/mol. The van der Waals surface area contributed by atoms with Crippen LogP contribution in [0.3, 0.4) is 0 Å². The van der Waals surface area contributed by atoms with E-state index in [1.807, 2.05) is 0 Å². The average molecular weight is 485 g/mol. The second kappa shape index (κ2) is 11.0. The fraction of sp³-hybridized carbons (Fsp3) is 0.538. The summed E-state index contributed by atoms with van der Waals surface area (Å²) in [5.74, 6) is -5.51. The summed E-state index contributed by atoms with van der Waals surface area (Å²) in [5, 5.41) is 0. The molecule has 0 unspecified atom stereocenters. The first-order chi connectivity index (χ1) is 16.4. The normalized spacial score (nSPS) is 25.4. The van der Waals surface area contributed by atoms with E-state index in [0.29, 0.717) is 31.3 Å². The van der Waals surface area contributed by atoms with E-state index in [-0.39, 0.29) is 17.0 Å². The van der Waals surface area contributed by atoms with E-state index in [4.69, 9.17) is 14.2 Å². The summed E-state index contributed by atoms with van der Waals surface area (Å²) in [6.45, 7) is 2.61. The highest BCUT2D eigenvalue weighted by Gasteiger charge is 2.33. The van der Waals surface area contributed by atoms with Crippen LogP contribution in [0.1, 0.15) is 62.9 Å². The standard InChI is InChI=1S/C26H29F5O3/c1-2-3-15-4-6-17(7-5-15)19-13-33-26(34-14-19)18-10-22(29)25(23(30)11-18)32-12-16-8-20(27)24(31)21(28)9-16/h8-11,15,17,19,26H,2-7,12-14H2,1H3. The lowest BCUT2D eigenvalue weighted by molar-refractivity contribution is -0.215. The van der Waals surface area contributed by atoms with Gasteiger partial charge in [-0.2, -0.15) is 0 Å². The minimum atomic E-state index is -1.62. The SMILES string of the molecule is CCCC1CCC(C2COC(c3cc(F)c(OCc4cc(F)c(F)c(F)c4)c(F)c3)OC2)CC1. The monoisotopic (exact) mass is 484 g/mol. The lowest BCUT2D eigenvalue weighted by Crippen LogP contribution is -2.34. The molecular weight excluding hydrogens is 455 g/mol. The van der Waals surface area contributed by atoms with Crippen LogP contribution < -0.4 is 4.74 Å². The van der Waals surface area contributed by atoms with Crippen molar-refractivity contribution in [1.82, 2.24) is 0 Å². The number of rotatable bonds is 7. The molecular formula is C26H29F5O3. The minimum Gasteiger partial charge on any atom is -0.483 e. The lowest BCUT2D eigenvalue weighted by atomic mass is 9.75. The fourth-order valence-electron chi connectivity index (χ4n) is 5.04. The van der Waals surface area contributed by atoms with E-state index in [1.54, 1.807) is 0 Å². The molecule has 0 bridgehead atoms. The molecule has 1 heterocycles. The molecule has 2 aromatic rings. The minimum absolute atomic E-state index is 0.104. The summed E-state index contributed by atoms with van der Waals surface area (Å²) >= 11 is 0. The molecule has 4 rings (SSSR count). The van der Waals surface area contributed by atoms with E-state index >= 15 is 0 Å². The van der Waals surface area contributed by atoms with Crippen molar-refractivity contribution in [3.05, 3.63) is 64.5 Å². The highest BCUT2D eigenvalue weighted by atomic mass is 19.2. The average Bonchev–Trinajstić information content (AvgIpc) is 2.82. The third-order valence-electron chi connectivity index (χ3n) is 6.90. The summed E-state index contributed by atoms with van der Waals surface area (Å²) in [6.07, 6.45) is 6.38. The number of ether oxygens (including phenoxy) is 3. The smallest absolute Gasteiger partial charge is 0.194 e. The summed E-state index contributed by atoms with van der Waals surface area (Å²) in [7, 11) is 0. The van der Waals surface area contributed by atoms with Crippen LogP contribution in [0.25, 0.3) is 0 Å². The zero-order chi connectivity index (χ0) is 24.2. The molecule has 0 spiro atoms. The van der Waals surface area contributed by atoms with Crippen molar-refractivity contribution < 1.29 is 36.2 Å². The molecule has 8 heteroatoms. The molecule has 2 aliphatic rings. The van der Waals surface area contributed by atoms with Crippen LogP contribution in [0.2, 0.25) is 0 Å². The number of halogens is 5. The first-order valence-corrected chi connectivity index (χ1v) is 11.8. The molecule has 34 heavy (non-hydrogen) atoms. The Labute approximate surface area is 196 Å². The second-order valence-electron chi connectivity index (χ2n) is 9.30. The molecule has 186 valence electrons. The quantitative estimate of drug-likeness (QED) is 0.307. The lowest BCUT2D eigenvalue weighted by Gasteiger charge is -2.37. The van der Waals surface area contributed by atoms with Gasteiger partial charge in [0.25, 0.3) is 0 Å². The van der Waals surface area contributed by atoms with Crippen molar-refractivity contribution in [3.63, 3.8) is 0 Å². The van der Waals surface area contributed by atoms with E-state index in [2.05, 4.69) is 6.92 Å². The maximum Gasteiger partial charge on any atom is 0.194 e. The molecule has 1 aliphatic heterocycles. The first-order valence-electron chi connectivity index (χ1n) is 11.8. The van der Waals surface area contributed by atoms with Crippen molar-refractivity contribution in [3.8, 4) is 5.75 Å². The largest absolute Gasteiger partial charge is 0.483 e. The van der Waals surface area contributed by atoms with Gasteiger partial charge in [-0.1, -0.05) is 32.6 Å². The Bertz CT molecular complexity index is 936. The second-order valence-corrected chi connectivity index (χ2v) is 9.30. The van der Waals surface area contributed by atoms with E-state index in [0.717, 1.165) is 30.9 Å². The molecule has 1 saturated heterocycles. The molecule has 1 saturated carbocycles. The van der Waals surface area contributed by atoms with Gasteiger partial charge in [-0.05, 0) is 54.5 Å². The van der Waals surface area contributed by atoms with E-state index < -0.39 is 47.7 Å². The van der Waals surface area contributed by atoms with Gasteiger partial charge in [-0.25, -0.2) is 22.0 Å². The molecule has 2 aromatic carbocycles. The predicted octanol–water partition coefficient (Wildman–Crippen LogP) is 7.23. The van der Waals surface area contributed by atoms with Crippen molar-refractivity contribution in [2.75, 3.05) is 13.2 Å². The van der Waals surface area contributed by atoms with Gasteiger partial charge in [0.2, 0.25) is 0 Å². The molecule has 2 fully saturated rings. The molecule has 0 aromatic heterocycles. The van der Waals surface area contributed by atoms with Gasteiger partial charge in [-0.15, -0.1) is 0 Å². The Balaban J connectivity index is 1.33. The Kier molecular flexibility index (Phi) is 8.09. The molecule has 0 atom stereocenters. The Morgan fingerprint density at radius 1 is 0.794 bits per heavy atom. The number of benzene rings is 2. The molecule has 0 radical (unpaired) electrons. The summed E-state index contributed by atoms with van der Waals surface area (Å²) in [6, 6.07) is 3.54. The number of hydrogen-bond acceptors (Lipinski definition) is 3. The van der Waals surface area contributed by atoms with Gasteiger partial charge in [0.1, 0.15) is 6.61 Å². The van der Waals surface area contributed by atoms with Gasteiger partial charge in [0.05, 0.1) is 13.2 Å². The highest BCUT2D eigenvalue weighted by Crippen LogP contribution is 2.39. The van der Waals surface area contributed by atoms with Crippen LogP contribution in [-0.2, 0) is 16.1 Å².